The molecule has 0 unspecified atom stereocenters. The van der Waals surface area contributed by atoms with E-state index in [4.69, 9.17) is 4.52 Å². The normalized spacial score (nSPS) is 15.1. The number of rotatable bonds is 5. The molecule has 1 saturated heterocycles. The maximum atomic E-state index is 12.8. The number of anilines is 1. The minimum atomic E-state index is -4.38. The number of halogens is 3. The average Bonchev–Trinajstić information content (AvgIpc) is 3.47. The molecule has 35 heavy (non-hydrogen) atoms. The number of hydrogen-bond acceptors (Lipinski definition) is 5. The van der Waals surface area contributed by atoms with Gasteiger partial charge in [-0.3, -0.25) is 0 Å². The third kappa shape index (κ3) is 4.95. The SMILES string of the molecule is Cc1cc(-c2nc(-c3ccc(C(F)(F)F)cc3)no2)cn1Cc1ccccc1N1CCN(C)CC1. The summed E-state index contributed by atoms with van der Waals surface area (Å²) < 4.78 is 46.1. The maximum Gasteiger partial charge on any atom is 0.416 e. The first-order valence-electron chi connectivity index (χ1n) is 11.5. The second-order valence-electron chi connectivity index (χ2n) is 8.92. The lowest BCUT2D eigenvalue weighted by Gasteiger charge is -2.35. The Morgan fingerprint density at radius 3 is 2.37 bits per heavy atom. The highest BCUT2D eigenvalue weighted by Gasteiger charge is 2.30. The number of aryl methyl sites for hydroxylation is 1. The quantitative estimate of drug-likeness (QED) is 0.386. The van der Waals surface area contributed by atoms with Gasteiger partial charge in [0.25, 0.3) is 5.89 Å². The summed E-state index contributed by atoms with van der Waals surface area (Å²) in [5.41, 5.74) is 4.04. The van der Waals surface area contributed by atoms with Crippen LogP contribution in [0.15, 0.2) is 65.3 Å². The van der Waals surface area contributed by atoms with Crippen molar-refractivity contribution in [2.24, 2.45) is 0 Å². The van der Waals surface area contributed by atoms with Crippen molar-refractivity contribution >= 4 is 5.69 Å². The van der Waals surface area contributed by atoms with E-state index in [0.717, 1.165) is 49.6 Å². The lowest BCUT2D eigenvalue weighted by molar-refractivity contribution is -0.137. The maximum absolute atomic E-state index is 12.8. The molecule has 0 aliphatic carbocycles. The minimum Gasteiger partial charge on any atom is -0.369 e. The molecule has 0 saturated carbocycles. The molecule has 0 N–H and O–H groups in total. The molecule has 0 radical (unpaired) electrons. The van der Waals surface area contributed by atoms with Crippen LogP contribution in [0.5, 0.6) is 0 Å². The van der Waals surface area contributed by atoms with Crippen LogP contribution < -0.4 is 4.90 Å². The average molecular weight is 482 g/mol. The number of nitrogens with zero attached hydrogens (tertiary/aromatic N) is 5. The van der Waals surface area contributed by atoms with Gasteiger partial charge in [0.15, 0.2) is 0 Å². The van der Waals surface area contributed by atoms with Crippen molar-refractivity contribution in [3.05, 3.63) is 77.6 Å². The van der Waals surface area contributed by atoms with Crippen molar-refractivity contribution in [2.45, 2.75) is 19.6 Å². The summed E-state index contributed by atoms with van der Waals surface area (Å²) in [6.45, 7) is 6.80. The van der Waals surface area contributed by atoms with E-state index < -0.39 is 11.7 Å². The molecule has 5 rings (SSSR count). The Balaban J connectivity index is 1.36. The molecule has 1 fully saturated rings. The van der Waals surface area contributed by atoms with E-state index >= 15 is 0 Å². The van der Waals surface area contributed by atoms with E-state index in [1.807, 2.05) is 19.2 Å². The molecular formula is C26H26F3N5O. The van der Waals surface area contributed by atoms with Gasteiger partial charge in [0.2, 0.25) is 5.82 Å². The molecule has 3 heterocycles. The van der Waals surface area contributed by atoms with Crippen molar-refractivity contribution in [3.63, 3.8) is 0 Å². The highest BCUT2D eigenvalue weighted by Crippen LogP contribution is 2.31. The van der Waals surface area contributed by atoms with Gasteiger partial charge >= 0.3 is 6.18 Å². The number of aromatic nitrogens is 3. The molecule has 2 aromatic heterocycles. The van der Waals surface area contributed by atoms with E-state index in [1.165, 1.54) is 23.4 Å². The Kier molecular flexibility index (Phi) is 6.10. The van der Waals surface area contributed by atoms with Gasteiger partial charge in [0, 0.05) is 55.9 Å². The first kappa shape index (κ1) is 23.2. The molecule has 4 aromatic rings. The third-order valence-electron chi connectivity index (χ3n) is 6.43. The Morgan fingerprint density at radius 1 is 0.943 bits per heavy atom. The molecule has 1 aliphatic rings. The predicted octanol–water partition coefficient (Wildman–Crippen LogP) is 5.33. The number of likely N-dealkylation sites (N-methyl/N-ethyl adjacent to an activating group) is 1. The Morgan fingerprint density at radius 2 is 1.66 bits per heavy atom. The fraction of sp³-hybridized carbons (Fsp3) is 0.308. The van der Waals surface area contributed by atoms with Crippen LogP contribution in [0.4, 0.5) is 18.9 Å². The molecule has 1 aliphatic heterocycles. The van der Waals surface area contributed by atoms with Gasteiger partial charge in [-0.05, 0) is 43.8 Å². The highest BCUT2D eigenvalue weighted by molar-refractivity contribution is 5.61. The smallest absolute Gasteiger partial charge is 0.369 e. The molecule has 0 atom stereocenters. The predicted molar refractivity (Wildman–Crippen MR) is 128 cm³/mol. The van der Waals surface area contributed by atoms with Crippen LogP contribution in [-0.4, -0.2) is 52.8 Å². The van der Waals surface area contributed by atoms with Crippen molar-refractivity contribution in [1.29, 1.82) is 0 Å². The molecule has 6 nitrogen and oxygen atoms in total. The van der Waals surface area contributed by atoms with Crippen LogP contribution in [-0.2, 0) is 12.7 Å². The zero-order valence-corrected chi connectivity index (χ0v) is 19.6. The summed E-state index contributed by atoms with van der Waals surface area (Å²) >= 11 is 0. The molecule has 0 bridgehead atoms. The van der Waals surface area contributed by atoms with Crippen molar-refractivity contribution < 1.29 is 17.7 Å². The Hall–Kier alpha value is -3.59. The van der Waals surface area contributed by atoms with Crippen molar-refractivity contribution in [3.8, 4) is 22.8 Å². The van der Waals surface area contributed by atoms with E-state index in [1.54, 1.807) is 0 Å². The molecule has 2 aromatic carbocycles. The van der Waals surface area contributed by atoms with Crippen LogP contribution in [0.3, 0.4) is 0 Å². The third-order valence-corrected chi connectivity index (χ3v) is 6.43. The topological polar surface area (TPSA) is 50.3 Å². The van der Waals surface area contributed by atoms with Gasteiger partial charge in [-0.25, -0.2) is 0 Å². The zero-order chi connectivity index (χ0) is 24.6. The largest absolute Gasteiger partial charge is 0.416 e. The van der Waals surface area contributed by atoms with Crippen LogP contribution in [0, 0.1) is 6.92 Å². The van der Waals surface area contributed by atoms with Crippen molar-refractivity contribution in [1.82, 2.24) is 19.6 Å². The van der Waals surface area contributed by atoms with Gasteiger partial charge in [0.05, 0.1) is 11.1 Å². The van der Waals surface area contributed by atoms with Gasteiger partial charge in [-0.15, -0.1) is 0 Å². The van der Waals surface area contributed by atoms with Crippen LogP contribution >= 0.6 is 0 Å². The van der Waals surface area contributed by atoms with Gasteiger partial charge in [-0.1, -0.05) is 35.5 Å². The second kappa shape index (κ2) is 9.22. The Bertz CT molecular complexity index is 1300. The monoisotopic (exact) mass is 481 g/mol. The van der Waals surface area contributed by atoms with Crippen LogP contribution in [0.25, 0.3) is 22.8 Å². The van der Waals surface area contributed by atoms with Gasteiger partial charge in [-0.2, -0.15) is 18.2 Å². The van der Waals surface area contributed by atoms with E-state index in [9.17, 15) is 13.2 Å². The molecule has 9 heteroatoms. The highest BCUT2D eigenvalue weighted by atomic mass is 19.4. The molecular weight excluding hydrogens is 455 g/mol. The van der Waals surface area contributed by atoms with E-state index in [-0.39, 0.29) is 5.82 Å². The molecule has 182 valence electrons. The second-order valence-corrected chi connectivity index (χ2v) is 8.92. The van der Waals surface area contributed by atoms with Gasteiger partial charge in [0.1, 0.15) is 0 Å². The van der Waals surface area contributed by atoms with E-state index in [2.05, 4.69) is 55.8 Å². The number of piperazine rings is 1. The number of hydrogen-bond donors (Lipinski definition) is 0. The van der Waals surface area contributed by atoms with Crippen molar-refractivity contribution in [2.75, 3.05) is 38.1 Å². The summed E-state index contributed by atoms with van der Waals surface area (Å²) in [4.78, 5) is 9.19. The Labute approximate surface area is 201 Å². The summed E-state index contributed by atoms with van der Waals surface area (Å²) in [6.07, 6.45) is -2.41. The zero-order valence-electron chi connectivity index (χ0n) is 19.6. The van der Waals surface area contributed by atoms with E-state index in [0.29, 0.717) is 18.0 Å². The number of benzene rings is 2. The lowest BCUT2D eigenvalue weighted by Crippen LogP contribution is -2.44. The van der Waals surface area contributed by atoms with Gasteiger partial charge < -0.3 is 18.9 Å². The number of alkyl halides is 3. The first-order chi connectivity index (χ1) is 16.8. The minimum absolute atomic E-state index is 0.250. The molecule has 0 amide bonds. The first-order valence-corrected chi connectivity index (χ1v) is 11.5. The molecule has 0 spiro atoms. The fourth-order valence-electron chi connectivity index (χ4n) is 4.35. The summed E-state index contributed by atoms with van der Waals surface area (Å²) in [7, 11) is 2.15. The standard InChI is InChI=1S/C26H26F3N5O/c1-18-15-21(25-30-24(31-35-25)19-7-9-22(10-8-19)26(27,28)29)17-34(18)16-20-5-3-4-6-23(20)33-13-11-32(2)12-14-33/h3-10,15,17H,11-14,16H2,1-2H3. The summed E-state index contributed by atoms with van der Waals surface area (Å²) in [6, 6.07) is 15.2. The lowest BCUT2D eigenvalue weighted by atomic mass is 10.1. The summed E-state index contributed by atoms with van der Waals surface area (Å²) in [5, 5.41) is 3.97. The van der Waals surface area contributed by atoms with Crippen LogP contribution in [0.2, 0.25) is 0 Å². The van der Waals surface area contributed by atoms with Crippen LogP contribution in [0.1, 0.15) is 16.8 Å². The summed E-state index contributed by atoms with van der Waals surface area (Å²) in [5.74, 6) is 0.577. The fourth-order valence-corrected chi connectivity index (χ4v) is 4.35. The number of para-hydroxylation sites is 1.